The summed E-state index contributed by atoms with van der Waals surface area (Å²) in [5.41, 5.74) is 1.94. The van der Waals surface area contributed by atoms with Crippen molar-refractivity contribution in [1.82, 2.24) is 9.97 Å². The van der Waals surface area contributed by atoms with Crippen LogP contribution in [0, 0.1) is 24.1 Å². The number of aryl methyl sites for hydroxylation is 1. The maximum Gasteiger partial charge on any atom is 0.415 e. The van der Waals surface area contributed by atoms with Crippen molar-refractivity contribution in [3.63, 3.8) is 0 Å². The molecule has 1 aliphatic rings. The Kier molecular flexibility index (Phi) is 7.03. The van der Waals surface area contributed by atoms with Crippen LogP contribution in [0.5, 0.6) is 0 Å². The van der Waals surface area contributed by atoms with Gasteiger partial charge in [0, 0.05) is 0 Å². The van der Waals surface area contributed by atoms with Crippen LogP contribution in [0.3, 0.4) is 0 Å². The van der Waals surface area contributed by atoms with Crippen LogP contribution < -0.4 is 10.2 Å². The minimum atomic E-state index is -1.23. The quantitative estimate of drug-likeness (QED) is 0.431. The molecule has 0 saturated carbocycles. The van der Waals surface area contributed by atoms with Crippen molar-refractivity contribution in [2.45, 2.75) is 32.4 Å². The third-order valence-electron chi connectivity index (χ3n) is 5.70. The number of aromatic nitrogens is 2. The first-order valence-corrected chi connectivity index (χ1v) is 11.3. The first kappa shape index (κ1) is 24.9. The molecule has 0 aliphatic carbocycles. The standard InChI is InChI=1S/C25H21ClFN5O4/c1-13-7-20(14(2)29-19-5-6-21(26)31-23(19)24(33)34)30-22(8-13)32-17(12-36-25(32)35)10-16-4-3-15(11-28)9-18(16)27/h3-9,14,17,29H,10,12H2,1-2H3,(H,33,34)/t14-,17+/m1/s1. The highest BCUT2D eigenvalue weighted by molar-refractivity contribution is 6.29. The van der Waals surface area contributed by atoms with Crippen molar-refractivity contribution in [3.8, 4) is 6.07 Å². The zero-order chi connectivity index (χ0) is 26.0. The predicted octanol–water partition coefficient (Wildman–Crippen LogP) is 4.89. The highest BCUT2D eigenvalue weighted by Crippen LogP contribution is 2.29. The van der Waals surface area contributed by atoms with E-state index < -0.39 is 30.0 Å². The first-order chi connectivity index (χ1) is 17.2. The Balaban J connectivity index is 1.61. The number of rotatable bonds is 7. The second-order valence-electron chi connectivity index (χ2n) is 8.35. The van der Waals surface area contributed by atoms with Gasteiger partial charge in [-0.15, -0.1) is 0 Å². The van der Waals surface area contributed by atoms with Crippen molar-refractivity contribution in [3.05, 3.63) is 81.5 Å². The van der Waals surface area contributed by atoms with Crippen LogP contribution in [-0.4, -0.2) is 39.8 Å². The van der Waals surface area contributed by atoms with E-state index in [2.05, 4.69) is 15.3 Å². The van der Waals surface area contributed by atoms with Crippen molar-refractivity contribution in [1.29, 1.82) is 5.26 Å². The Morgan fingerprint density at radius 3 is 2.81 bits per heavy atom. The molecule has 2 aromatic heterocycles. The third-order valence-corrected chi connectivity index (χ3v) is 5.91. The minimum absolute atomic E-state index is 0.0510. The van der Waals surface area contributed by atoms with Gasteiger partial charge in [-0.2, -0.15) is 5.26 Å². The van der Waals surface area contributed by atoms with Crippen LogP contribution in [0.1, 0.15) is 45.8 Å². The zero-order valence-corrected chi connectivity index (χ0v) is 20.1. The number of halogens is 2. The number of pyridine rings is 2. The Morgan fingerprint density at radius 2 is 2.11 bits per heavy atom. The number of aromatic carboxylic acids is 1. The summed E-state index contributed by atoms with van der Waals surface area (Å²) in [6.45, 7) is 3.68. The summed E-state index contributed by atoms with van der Waals surface area (Å²) < 4.78 is 19.7. The smallest absolute Gasteiger partial charge is 0.415 e. The van der Waals surface area contributed by atoms with Crippen LogP contribution >= 0.6 is 11.6 Å². The number of anilines is 2. The van der Waals surface area contributed by atoms with E-state index >= 15 is 0 Å². The molecule has 1 aliphatic heterocycles. The SMILES string of the molecule is Cc1cc([C@@H](C)Nc2ccc(Cl)nc2C(=O)O)nc(N2C(=O)OC[C@@H]2Cc2ccc(C#N)cc2F)c1. The van der Waals surface area contributed by atoms with Crippen molar-refractivity contribution in [2.75, 3.05) is 16.8 Å². The van der Waals surface area contributed by atoms with E-state index in [1.54, 1.807) is 13.0 Å². The molecule has 2 N–H and O–H groups in total. The molecule has 184 valence electrons. The number of benzene rings is 1. The second-order valence-corrected chi connectivity index (χ2v) is 8.74. The predicted molar refractivity (Wildman–Crippen MR) is 130 cm³/mol. The van der Waals surface area contributed by atoms with Crippen LogP contribution in [0.25, 0.3) is 0 Å². The fourth-order valence-electron chi connectivity index (χ4n) is 3.97. The lowest BCUT2D eigenvalue weighted by atomic mass is 10.0. The molecule has 36 heavy (non-hydrogen) atoms. The number of nitrogens with zero attached hydrogens (tertiary/aromatic N) is 4. The fourth-order valence-corrected chi connectivity index (χ4v) is 4.12. The number of carboxylic acid groups (broad SMARTS) is 1. The highest BCUT2D eigenvalue weighted by Gasteiger charge is 2.36. The molecule has 2 atom stereocenters. The van der Waals surface area contributed by atoms with E-state index in [1.165, 1.54) is 29.2 Å². The Bertz CT molecular complexity index is 1390. The Hall–Kier alpha value is -4.23. The van der Waals surface area contributed by atoms with E-state index in [0.29, 0.717) is 17.1 Å². The van der Waals surface area contributed by atoms with Gasteiger partial charge in [0.05, 0.1) is 35.1 Å². The fraction of sp³-hybridized carbons (Fsp3) is 0.240. The molecule has 1 saturated heterocycles. The van der Waals surface area contributed by atoms with Gasteiger partial charge in [0.15, 0.2) is 5.69 Å². The summed E-state index contributed by atoms with van der Waals surface area (Å²) in [6, 6.07) is 11.7. The van der Waals surface area contributed by atoms with Crippen LogP contribution in [0.15, 0.2) is 42.5 Å². The molecule has 0 radical (unpaired) electrons. The highest BCUT2D eigenvalue weighted by atomic mass is 35.5. The summed E-state index contributed by atoms with van der Waals surface area (Å²) in [4.78, 5) is 34.1. The molecule has 9 nitrogen and oxygen atoms in total. The van der Waals surface area contributed by atoms with Gasteiger partial charge in [0.1, 0.15) is 23.4 Å². The number of amides is 1. The number of nitriles is 1. The summed E-state index contributed by atoms with van der Waals surface area (Å²) in [7, 11) is 0. The van der Waals surface area contributed by atoms with Crippen LogP contribution in [0.2, 0.25) is 5.15 Å². The molecule has 1 aromatic carbocycles. The number of hydrogen-bond acceptors (Lipinski definition) is 7. The molecular formula is C25H21ClFN5O4. The van der Waals surface area contributed by atoms with Crippen LogP contribution in [0.4, 0.5) is 20.7 Å². The third kappa shape index (κ3) is 5.21. The lowest BCUT2D eigenvalue weighted by Gasteiger charge is -2.23. The topological polar surface area (TPSA) is 128 Å². The summed E-state index contributed by atoms with van der Waals surface area (Å²) in [6.07, 6.45) is -0.436. The number of cyclic esters (lactones) is 1. The van der Waals surface area contributed by atoms with E-state index in [9.17, 15) is 19.1 Å². The molecule has 0 bridgehead atoms. The zero-order valence-electron chi connectivity index (χ0n) is 19.3. The van der Waals surface area contributed by atoms with Gasteiger partial charge in [0.25, 0.3) is 0 Å². The number of ether oxygens (including phenoxy) is 1. The van der Waals surface area contributed by atoms with Gasteiger partial charge >= 0.3 is 12.1 Å². The van der Waals surface area contributed by atoms with Gasteiger partial charge in [-0.05, 0) is 67.8 Å². The summed E-state index contributed by atoms with van der Waals surface area (Å²) in [5, 5.41) is 21.6. The average molecular weight is 510 g/mol. The molecule has 1 amide bonds. The van der Waals surface area contributed by atoms with Gasteiger partial charge in [-0.3, -0.25) is 4.90 Å². The molecule has 1 fully saturated rings. The Labute approximate surface area is 211 Å². The van der Waals surface area contributed by atoms with Crippen molar-refractivity contribution >= 4 is 35.2 Å². The Morgan fingerprint density at radius 1 is 1.33 bits per heavy atom. The van der Waals surface area contributed by atoms with Crippen molar-refractivity contribution in [2.24, 2.45) is 0 Å². The number of hydrogen-bond donors (Lipinski definition) is 2. The monoisotopic (exact) mass is 509 g/mol. The molecule has 11 heteroatoms. The number of carbonyl (C=O) groups excluding carboxylic acids is 1. The molecular weight excluding hydrogens is 489 g/mol. The van der Waals surface area contributed by atoms with Crippen molar-refractivity contribution < 1.29 is 23.8 Å². The van der Waals surface area contributed by atoms with E-state index in [-0.39, 0.29) is 35.1 Å². The maximum atomic E-state index is 14.5. The molecule has 3 aromatic rings. The van der Waals surface area contributed by atoms with Crippen LogP contribution in [-0.2, 0) is 11.2 Å². The van der Waals surface area contributed by atoms with Gasteiger partial charge in [-0.1, -0.05) is 17.7 Å². The number of carboxylic acids is 1. The first-order valence-electron chi connectivity index (χ1n) is 11.0. The van der Waals surface area contributed by atoms with E-state index in [4.69, 9.17) is 21.6 Å². The van der Waals surface area contributed by atoms with E-state index in [0.717, 1.165) is 11.6 Å². The lowest BCUT2D eigenvalue weighted by molar-refractivity contribution is 0.0691. The summed E-state index contributed by atoms with van der Waals surface area (Å²) >= 11 is 5.84. The largest absolute Gasteiger partial charge is 0.476 e. The van der Waals surface area contributed by atoms with Gasteiger partial charge in [-0.25, -0.2) is 23.9 Å². The molecule has 4 rings (SSSR count). The molecule has 0 spiro atoms. The lowest BCUT2D eigenvalue weighted by Crippen LogP contribution is -2.36. The normalized spacial score (nSPS) is 15.8. The summed E-state index contributed by atoms with van der Waals surface area (Å²) in [5.74, 6) is -1.44. The van der Waals surface area contributed by atoms with E-state index in [1.807, 2.05) is 19.1 Å². The van der Waals surface area contributed by atoms with Gasteiger partial charge in [0.2, 0.25) is 0 Å². The second kappa shape index (κ2) is 10.2. The minimum Gasteiger partial charge on any atom is -0.476 e. The molecule has 0 unspecified atom stereocenters. The number of carbonyl (C=O) groups is 2. The molecule has 3 heterocycles. The maximum absolute atomic E-state index is 14.5. The van der Waals surface area contributed by atoms with Gasteiger partial charge < -0.3 is 15.2 Å². The number of nitrogens with one attached hydrogen (secondary N) is 1. The average Bonchev–Trinajstić information content (AvgIpc) is 3.20.